The average molecular weight is 274 g/mol. The first-order chi connectivity index (χ1) is 9.75. The summed E-state index contributed by atoms with van der Waals surface area (Å²) in [5.41, 5.74) is 1.95. The van der Waals surface area contributed by atoms with Crippen LogP contribution in [-0.2, 0) is 0 Å². The van der Waals surface area contributed by atoms with Crippen molar-refractivity contribution in [3.8, 4) is 11.5 Å². The highest BCUT2D eigenvalue weighted by Gasteiger charge is 2.24. The van der Waals surface area contributed by atoms with Gasteiger partial charge in [0.05, 0.1) is 0 Å². The van der Waals surface area contributed by atoms with Crippen LogP contribution in [0.25, 0.3) is 0 Å². The van der Waals surface area contributed by atoms with E-state index in [1.54, 1.807) is 0 Å². The van der Waals surface area contributed by atoms with Gasteiger partial charge < -0.3 is 10.2 Å². The van der Waals surface area contributed by atoms with Gasteiger partial charge in [0.15, 0.2) is 0 Å². The van der Waals surface area contributed by atoms with E-state index < -0.39 is 0 Å². The van der Waals surface area contributed by atoms with Crippen LogP contribution in [0.4, 0.5) is 0 Å². The second kappa shape index (κ2) is 6.07. The molecule has 0 saturated heterocycles. The second-order valence-corrected chi connectivity index (χ2v) is 6.64. The van der Waals surface area contributed by atoms with E-state index in [4.69, 9.17) is 0 Å². The molecular weight excluding hydrogens is 248 g/mol. The molecule has 0 bridgehead atoms. The van der Waals surface area contributed by atoms with Gasteiger partial charge in [-0.05, 0) is 49.7 Å². The zero-order chi connectivity index (χ0) is 13.9. The molecule has 0 atom stereocenters. The van der Waals surface area contributed by atoms with Crippen LogP contribution in [0.3, 0.4) is 0 Å². The first-order valence-corrected chi connectivity index (χ1v) is 8.31. The largest absolute Gasteiger partial charge is 0.508 e. The summed E-state index contributed by atoms with van der Waals surface area (Å²) in [7, 11) is 0. The van der Waals surface area contributed by atoms with Gasteiger partial charge in [0.2, 0.25) is 0 Å². The lowest BCUT2D eigenvalue weighted by Crippen LogP contribution is -2.07. The van der Waals surface area contributed by atoms with Crippen molar-refractivity contribution in [3.63, 3.8) is 0 Å². The Kier molecular flexibility index (Phi) is 4.18. The fourth-order valence-electron chi connectivity index (χ4n) is 4.09. The molecule has 0 amide bonds. The van der Waals surface area contributed by atoms with Gasteiger partial charge in [-0.15, -0.1) is 0 Å². The van der Waals surface area contributed by atoms with E-state index in [9.17, 15) is 10.2 Å². The molecule has 2 aliphatic rings. The maximum absolute atomic E-state index is 10.4. The van der Waals surface area contributed by atoms with Crippen LogP contribution in [0.1, 0.15) is 87.2 Å². The fourth-order valence-corrected chi connectivity index (χ4v) is 4.09. The van der Waals surface area contributed by atoms with Crippen LogP contribution in [-0.4, -0.2) is 10.2 Å². The van der Waals surface area contributed by atoms with Crippen molar-refractivity contribution in [1.29, 1.82) is 0 Å². The van der Waals surface area contributed by atoms with Gasteiger partial charge in [0.25, 0.3) is 0 Å². The molecule has 0 unspecified atom stereocenters. The summed E-state index contributed by atoms with van der Waals surface area (Å²) in [6.07, 6.45) is 12.2. The highest BCUT2D eigenvalue weighted by atomic mass is 16.3. The predicted octanol–water partition coefficient (Wildman–Crippen LogP) is 5.19. The number of aromatic hydroxyl groups is 2. The van der Waals surface area contributed by atoms with E-state index in [-0.39, 0.29) is 0 Å². The summed E-state index contributed by atoms with van der Waals surface area (Å²) in [6, 6.07) is 3.71. The van der Waals surface area contributed by atoms with Crippen molar-refractivity contribution in [2.45, 2.75) is 76.0 Å². The van der Waals surface area contributed by atoms with Gasteiger partial charge in [0, 0.05) is 11.1 Å². The van der Waals surface area contributed by atoms with E-state index >= 15 is 0 Å². The Bertz CT molecular complexity index is 411. The molecule has 20 heavy (non-hydrogen) atoms. The minimum absolute atomic E-state index is 0.412. The van der Waals surface area contributed by atoms with E-state index in [2.05, 4.69) is 0 Å². The van der Waals surface area contributed by atoms with Crippen molar-refractivity contribution >= 4 is 0 Å². The molecule has 2 nitrogen and oxygen atoms in total. The van der Waals surface area contributed by atoms with Crippen molar-refractivity contribution in [2.75, 3.05) is 0 Å². The molecule has 1 aromatic carbocycles. The van der Waals surface area contributed by atoms with Gasteiger partial charge in [-0.2, -0.15) is 0 Å². The highest BCUT2D eigenvalue weighted by Crippen LogP contribution is 2.44. The highest BCUT2D eigenvalue weighted by molar-refractivity contribution is 5.48. The zero-order valence-corrected chi connectivity index (χ0v) is 12.3. The van der Waals surface area contributed by atoms with Crippen LogP contribution >= 0.6 is 0 Å². The second-order valence-electron chi connectivity index (χ2n) is 6.64. The number of hydrogen-bond acceptors (Lipinski definition) is 2. The molecular formula is C18H26O2. The molecule has 2 fully saturated rings. The molecule has 2 aliphatic carbocycles. The smallest absolute Gasteiger partial charge is 0.119 e. The molecule has 0 radical (unpaired) electrons. The van der Waals surface area contributed by atoms with Gasteiger partial charge in [-0.25, -0.2) is 0 Å². The maximum Gasteiger partial charge on any atom is 0.119 e. The summed E-state index contributed by atoms with van der Waals surface area (Å²) in [5, 5.41) is 20.8. The predicted molar refractivity (Wildman–Crippen MR) is 81.4 cm³/mol. The van der Waals surface area contributed by atoms with Crippen LogP contribution in [0.15, 0.2) is 12.1 Å². The average Bonchev–Trinajstić information content (AvgIpc) is 2.51. The van der Waals surface area contributed by atoms with E-state index in [0.717, 1.165) is 36.8 Å². The van der Waals surface area contributed by atoms with E-state index in [0.29, 0.717) is 23.3 Å². The van der Waals surface area contributed by atoms with Gasteiger partial charge in [-0.3, -0.25) is 0 Å². The molecule has 3 rings (SSSR count). The number of rotatable bonds is 2. The van der Waals surface area contributed by atoms with Crippen LogP contribution in [0.5, 0.6) is 11.5 Å². The quantitative estimate of drug-likeness (QED) is 0.728. The minimum atomic E-state index is 0.412. The topological polar surface area (TPSA) is 40.5 Å². The Labute approximate surface area is 121 Å². The van der Waals surface area contributed by atoms with Crippen molar-refractivity contribution < 1.29 is 10.2 Å². The molecule has 0 spiro atoms. The Balaban J connectivity index is 1.85. The Morgan fingerprint density at radius 1 is 0.600 bits per heavy atom. The lowest BCUT2D eigenvalue weighted by molar-refractivity contribution is 0.394. The third-order valence-corrected chi connectivity index (χ3v) is 5.27. The molecule has 0 aromatic heterocycles. The third-order valence-electron chi connectivity index (χ3n) is 5.27. The molecule has 0 aliphatic heterocycles. The maximum atomic E-state index is 10.4. The summed E-state index contributed by atoms with van der Waals surface area (Å²) >= 11 is 0. The fraction of sp³-hybridized carbons (Fsp3) is 0.667. The molecule has 110 valence electrons. The molecule has 0 heterocycles. The van der Waals surface area contributed by atoms with Crippen LogP contribution < -0.4 is 0 Å². The van der Waals surface area contributed by atoms with E-state index in [1.807, 2.05) is 12.1 Å². The third kappa shape index (κ3) is 2.79. The minimum Gasteiger partial charge on any atom is -0.508 e. The molecule has 2 heteroatoms. The molecule has 1 aromatic rings. The summed E-state index contributed by atoms with van der Waals surface area (Å²) in [6.45, 7) is 0. The van der Waals surface area contributed by atoms with Gasteiger partial charge >= 0.3 is 0 Å². The first-order valence-electron chi connectivity index (χ1n) is 8.31. The molecule has 2 saturated carbocycles. The summed E-state index contributed by atoms with van der Waals surface area (Å²) in [5.74, 6) is 1.70. The Morgan fingerprint density at radius 3 is 1.30 bits per heavy atom. The monoisotopic (exact) mass is 274 g/mol. The number of benzene rings is 1. The number of hydrogen-bond donors (Lipinski definition) is 2. The number of phenols is 2. The van der Waals surface area contributed by atoms with E-state index in [1.165, 1.54) is 38.5 Å². The lowest BCUT2D eigenvalue weighted by atomic mass is 9.80. The SMILES string of the molecule is Oc1cc(C2CCCCC2)c(O)cc1C1CCCCC1. The first kappa shape index (κ1) is 13.8. The molecule has 2 N–H and O–H groups in total. The number of phenolic OH excluding ortho intramolecular Hbond substituents is 2. The van der Waals surface area contributed by atoms with Crippen molar-refractivity contribution in [1.82, 2.24) is 0 Å². The van der Waals surface area contributed by atoms with Gasteiger partial charge in [0.1, 0.15) is 11.5 Å². The standard InChI is InChI=1S/C18H26O2/c19-17-12-16(14-9-5-2-6-10-14)18(20)11-15(17)13-7-3-1-4-8-13/h11-14,19-20H,1-10H2. The lowest BCUT2D eigenvalue weighted by Gasteiger charge is -2.26. The Morgan fingerprint density at radius 2 is 0.950 bits per heavy atom. The summed E-state index contributed by atoms with van der Waals surface area (Å²) < 4.78 is 0. The normalized spacial score (nSPS) is 22.0. The van der Waals surface area contributed by atoms with Crippen molar-refractivity contribution in [2.24, 2.45) is 0 Å². The zero-order valence-electron chi connectivity index (χ0n) is 12.3. The summed E-state index contributed by atoms with van der Waals surface area (Å²) in [4.78, 5) is 0. The van der Waals surface area contributed by atoms with Crippen molar-refractivity contribution in [3.05, 3.63) is 23.3 Å². The van der Waals surface area contributed by atoms with Crippen LogP contribution in [0, 0.1) is 0 Å². The van der Waals surface area contributed by atoms with Crippen LogP contribution in [0.2, 0.25) is 0 Å². The van der Waals surface area contributed by atoms with Gasteiger partial charge in [-0.1, -0.05) is 38.5 Å². The Hall–Kier alpha value is -1.18.